The molecular weight excluding hydrogens is 290 g/mol. The largest absolute Gasteiger partial charge is 0.337 e. The van der Waals surface area contributed by atoms with Gasteiger partial charge in [0.1, 0.15) is 5.82 Å². The van der Waals surface area contributed by atoms with Crippen LogP contribution >= 0.6 is 0 Å². The molecule has 1 atom stereocenters. The fraction of sp³-hybridized carbons (Fsp3) is 0.412. The smallest absolute Gasteiger partial charge is 0.255 e. The molecule has 1 aliphatic rings. The summed E-state index contributed by atoms with van der Waals surface area (Å²) in [5.74, 6) is 0.871. The highest BCUT2D eigenvalue weighted by Gasteiger charge is 2.29. The number of hydrogen-bond acceptors (Lipinski definition) is 5. The molecule has 1 fully saturated rings. The first-order chi connectivity index (χ1) is 11.1. The highest BCUT2D eigenvalue weighted by atomic mass is 16.2. The number of carbonyl (C=O) groups is 1. The van der Waals surface area contributed by atoms with Gasteiger partial charge in [0.15, 0.2) is 0 Å². The van der Waals surface area contributed by atoms with Crippen LogP contribution in [0.1, 0.15) is 28.2 Å². The van der Waals surface area contributed by atoms with Crippen LogP contribution < -0.4 is 0 Å². The van der Waals surface area contributed by atoms with Crippen molar-refractivity contribution in [3.63, 3.8) is 0 Å². The number of likely N-dealkylation sites (tertiary alicyclic amines) is 1. The highest BCUT2D eigenvalue weighted by Crippen LogP contribution is 2.18. The zero-order valence-corrected chi connectivity index (χ0v) is 13.5. The summed E-state index contributed by atoms with van der Waals surface area (Å²) in [5, 5.41) is 0. The van der Waals surface area contributed by atoms with E-state index in [0.717, 1.165) is 30.9 Å². The molecule has 2 aromatic heterocycles. The van der Waals surface area contributed by atoms with Crippen LogP contribution in [0.15, 0.2) is 36.9 Å². The van der Waals surface area contributed by atoms with E-state index in [4.69, 9.17) is 0 Å². The molecule has 0 aromatic carbocycles. The van der Waals surface area contributed by atoms with E-state index in [1.807, 2.05) is 24.0 Å². The third-order valence-electron chi connectivity index (χ3n) is 4.21. The molecular formula is C17H21N5O. The zero-order valence-electron chi connectivity index (χ0n) is 13.5. The fourth-order valence-electron chi connectivity index (χ4n) is 2.90. The Morgan fingerprint density at radius 1 is 1.35 bits per heavy atom. The van der Waals surface area contributed by atoms with Gasteiger partial charge in [0.05, 0.1) is 12.1 Å². The van der Waals surface area contributed by atoms with Gasteiger partial charge in [0.25, 0.3) is 5.91 Å². The van der Waals surface area contributed by atoms with Crippen molar-refractivity contribution in [2.45, 2.75) is 25.9 Å². The van der Waals surface area contributed by atoms with Gasteiger partial charge in [-0.2, -0.15) is 0 Å². The van der Waals surface area contributed by atoms with Gasteiger partial charge in [-0.3, -0.25) is 14.7 Å². The second-order valence-electron chi connectivity index (χ2n) is 6.02. The standard InChI is InChI=1S/C17H21N5O/c1-13-8-14(10-18-9-13)17(23)22-7-4-15(11-22)21(2)12-16-19-5-3-6-20-16/h3,5-6,8-10,15H,4,7,11-12H2,1-2H3/t15-/m0/s1. The summed E-state index contributed by atoms with van der Waals surface area (Å²) in [5.41, 5.74) is 1.67. The number of pyridine rings is 1. The molecule has 1 saturated heterocycles. The van der Waals surface area contributed by atoms with Crippen LogP contribution in [0.3, 0.4) is 0 Å². The van der Waals surface area contributed by atoms with Gasteiger partial charge in [-0.15, -0.1) is 0 Å². The first-order valence-corrected chi connectivity index (χ1v) is 7.80. The molecule has 0 saturated carbocycles. The number of likely N-dealkylation sites (N-methyl/N-ethyl adjacent to an activating group) is 1. The van der Waals surface area contributed by atoms with E-state index in [2.05, 4.69) is 26.9 Å². The van der Waals surface area contributed by atoms with E-state index in [1.54, 1.807) is 24.8 Å². The van der Waals surface area contributed by atoms with Gasteiger partial charge >= 0.3 is 0 Å². The molecule has 0 bridgehead atoms. The molecule has 2 aromatic rings. The van der Waals surface area contributed by atoms with Gasteiger partial charge in [0.2, 0.25) is 0 Å². The molecule has 1 aliphatic heterocycles. The minimum Gasteiger partial charge on any atom is -0.337 e. The van der Waals surface area contributed by atoms with Crippen LogP contribution in [-0.4, -0.2) is 56.8 Å². The maximum Gasteiger partial charge on any atom is 0.255 e. The van der Waals surface area contributed by atoms with Gasteiger partial charge in [-0.05, 0) is 38.1 Å². The third kappa shape index (κ3) is 3.71. The number of nitrogens with zero attached hydrogens (tertiary/aromatic N) is 5. The van der Waals surface area contributed by atoms with Crippen LogP contribution in [0.2, 0.25) is 0 Å². The summed E-state index contributed by atoms with van der Waals surface area (Å²) in [6, 6.07) is 4.04. The van der Waals surface area contributed by atoms with Crippen molar-refractivity contribution in [3.8, 4) is 0 Å². The van der Waals surface area contributed by atoms with Crippen molar-refractivity contribution < 1.29 is 4.79 Å². The van der Waals surface area contributed by atoms with Crippen molar-refractivity contribution in [2.75, 3.05) is 20.1 Å². The van der Waals surface area contributed by atoms with E-state index >= 15 is 0 Å². The minimum atomic E-state index is 0.0630. The lowest BCUT2D eigenvalue weighted by Gasteiger charge is -2.24. The highest BCUT2D eigenvalue weighted by molar-refractivity contribution is 5.94. The lowest BCUT2D eigenvalue weighted by atomic mass is 10.2. The Bertz CT molecular complexity index is 676. The summed E-state index contributed by atoms with van der Waals surface area (Å²) in [6.07, 6.45) is 7.88. The second-order valence-corrected chi connectivity index (χ2v) is 6.02. The van der Waals surface area contributed by atoms with Crippen molar-refractivity contribution in [2.24, 2.45) is 0 Å². The van der Waals surface area contributed by atoms with Crippen molar-refractivity contribution >= 4 is 5.91 Å². The van der Waals surface area contributed by atoms with E-state index in [0.29, 0.717) is 18.2 Å². The Balaban J connectivity index is 1.60. The monoisotopic (exact) mass is 311 g/mol. The summed E-state index contributed by atoms with van der Waals surface area (Å²) in [7, 11) is 2.06. The quantitative estimate of drug-likeness (QED) is 0.857. The van der Waals surface area contributed by atoms with Crippen LogP contribution in [0.5, 0.6) is 0 Å². The van der Waals surface area contributed by atoms with Crippen LogP contribution in [-0.2, 0) is 6.54 Å². The van der Waals surface area contributed by atoms with E-state index in [-0.39, 0.29) is 5.91 Å². The molecule has 120 valence electrons. The molecule has 0 N–H and O–H groups in total. The Morgan fingerprint density at radius 3 is 2.87 bits per heavy atom. The minimum absolute atomic E-state index is 0.0630. The summed E-state index contributed by atoms with van der Waals surface area (Å²) in [6.45, 7) is 4.15. The molecule has 0 radical (unpaired) electrons. The van der Waals surface area contributed by atoms with Gasteiger partial charge < -0.3 is 4.90 Å². The first kappa shape index (κ1) is 15.6. The number of amides is 1. The average molecular weight is 311 g/mol. The lowest BCUT2D eigenvalue weighted by molar-refractivity contribution is 0.0779. The Morgan fingerprint density at radius 2 is 2.13 bits per heavy atom. The number of rotatable bonds is 4. The summed E-state index contributed by atoms with van der Waals surface area (Å²) < 4.78 is 0. The molecule has 0 aliphatic carbocycles. The van der Waals surface area contributed by atoms with Gasteiger partial charge in [-0.1, -0.05) is 0 Å². The normalized spacial score (nSPS) is 17.7. The fourth-order valence-corrected chi connectivity index (χ4v) is 2.90. The van der Waals surface area contributed by atoms with Crippen molar-refractivity contribution in [1.82, 2.24) is 24.8 Å². The maximum atomic E-state index is 12.6. The van der Waals surface area contributed by atoms with E-state index in [9.17, 15) is 4.79 Å². The molecule has 3 rings (SSSR count). The molecule has 1 amide bonds. The van der Waals surface area contributed by atoms with Crippen molar-refractivity contribution in [3.05, 3.63) is 53.9 Å². The molecule has 3 heterocycles. The Kier molecular flexibility index (Phi) is 4.62. The molecule has 0 spiro atoms. The van der Waals surface area contributed by atoms with E-state index in [1.165, 1.54) is 0 Å². The third-order valence-corrected chi connectivity index (χ3v) is 4.21. The zero-order chi connectivity index (χ0) is 16.2. The summed E-state index contributed by atoms with van der Waals surface area (Å²) in [4.78, 5) is 29.3. The van der Waals surface area contributed by atoms with E-state index < -0.39 is 0 Å². The molecule has 6 heteroatoms. The van der Waals surface area contributed by atoms with Gasteiger partial charge in [0, 0.05) is 43.9 Å². The summed E-state index contributed by atoms with van der Waals surface area (Å²) >= 11 is 0. The second kappa shape index (κ2) is 6.83. The Labute approximate surface area is 136 Å². The molecule has 6 nitrogen and oxygen atoms in total. The average Bonchev–Trinajstić information content (AvgIpc) is 3.05. The van der Waals surface area contributed by atoms with Crippen LogP contribution in [0.4, 0.5) is 0 Å². The molecule has 23 heavy (non-hydrogen) atoms. The number of aryl methyl sites for hydroxylation is 1. The predicted molar refractivity (Wildman–Crippen MR) is 86.8 cm³/mol. The predicted octanol–water partition coefficient (Wildman–Crippen LogP) is 1.53. The SMILES string of the molecule is Cc1cncc(C(=O)N2CC[C@H](N(C)Cc3ncccn3)C2)c1. The number of carbonyl (C=O) groups excluding carboxylic acids is 1. The van der Waals surface area contributed by atoms with Gasteiger partial charge in [-0.25, -0.2) is 9.97 Å². The Hall–Kier alpha value is -2.34. The molecule has 0 unspecified atom stereocenters. The maximum absolute atomic E-state index is 12.6. The number of aromatic nitrogens is 3. The first-order valence-electron chi connectivity index (χ1n) is 7.80. The van der Waals surface area contributed by atoms with Crippen LogP contribution in [0.25, 0.3) is 0 Å². The van der Waals surface area contributed by atoms with Crippen molar-refractivity contribution in [1.29, 1.82) is 0 Å². The topological polar surface area (TPSA) is 62.2 Å². The van der Waals surface area contributed by atoms with Crippen LogP contribution in [0, 0.1) is 6.92 Å². The number of hydrogen-bond donors (Lipinski definition) is 0. The lowest BCUT2D eigenvalue weighted by Crippen LogP contribution is -2.36.